The number of nitrogens with zero attached hydrogens (tertiary/aromatic N) is 3. The van der Waals surface area contributed by atoms with Crippen LogP contribution in [0.5, 0.6) is 0 Å². The Labute approximate surface area is 111 Å². The number of carbonyl (C=O) groups is 1. The molecule has 1 aromatic carbocycles. The number of hydrogen-bond acceptors (Lipinski definition) is 5. The van der Waals surface area contributed by atoms with Gasteiger partial charge in [0.2, 0.25) is 5.91 Å². The number of nitro groups is 1. The summed E-state index contributed by atoms with van der Waals surface area (Å²) in [5, 5.41) is 10.8. The number of para-hydroxylation sites is 1. The molecule has 0 bridgehead atoms. The Hall–Kier alpha value is -2.15. The first-order valence-electron chi connectivity index (χ1n) is 5.73. The summed E-state index contributed by atoms with van der Waals surface area (Å²) in [6.45, 7) is 0.613. The van der Waals surface area contributed by atoms with Gasteiger partial charge in [-0.1, -0.05) is 12.1 Å². The van der Waals surface area contributed by atoms with Gasteiger partial charge in [-0.25, -0.2) is 0 Å². The Morgan fingerprint density at radius 1 is 1.37 bits per heavy atom. The molecule has 104 valence electrons. The van der Waals surface area contributed by atoms with Crippen molar-refractivity contribution in [2.75, 3.05) is 33.4 Å². The number of anilines is 1. The first kappa shape index (κ1) is 14.9. The van der Waals surface area contributed by atoms with Gasteiger partial charge in [0.1, 0.15) is 5.69 Å². The predicted molar refractivity (Wildman–Crippen MR) is 72.5 cm³/mol. The lowest BCUT2D eigenvalue weighted by Gasteiger charge is -2.19. The summed E-state index contributed by atoms with van der Waals surface area (Å²) in [6, 6.07) is 4.67. The van der Waals surface area contributed by atoms with Crippen molar-refractivity contribution < 1.29 is 9.72 Å². The third-order valence-corrected chi connectivity index (χ3v) is 2.71. The molecule has 1 rings (SSSR count). The van der Waals surface area contributed by atoms with Crippen molar-refractivity contribution >= 4 is 17.3 Å². The van der Waals surface area contributed by atoms with E-state index in [1.807, 2.05) is 0 Å². The van der Waals surface area contributed by atoms with Crippen molar-refractivity contribution in [3.05, 3.63) is 33.9 Å². The molecule has 2 N–H and O–H groups in total. The van der Waals surface area contributed by atoms with E-state index in [4.69, 9.17) is 5.73 Å². The molecular weight excluding hydrogens is 248 g/mol. The SMILES string of the molecule is CN(CC(=O)N(C)C)Cc1cccc([N+](=O)[O-])c1N. The molecule has 7 nitrogen and oxygen atoms in total. The lowest BCUT2D eigenvalue weighted by atomic mass is 10.1. The average Bonchev–Trinajstić information content (AvgIpc) is 2.31. The van der Waals surface area contributed by atoms with Gasteiger partial charge in [0.15, 0.2) is 0 Å². The van der Waals surface area contributed by atoms with Crippen LogP contribution < -0.4 is 5.73 Å². The highest BCUT2D eigenvalue weighted by atomic mass is 16.6. The molecule has 0 unspecified atom stereocenters. The molecule has 0 aliphatic rings. The fourth-order valence-electron chi connectivity index (χ4n) is 1.62. The molecule has 19 heavy (non-hydrogen) atoms. The third-order valence-electron chi connectivity index (χ3n) is 2.71. The fourth-order valence-corrected chi connectivity index (χ4v) is 1.62. The molecule has 0 aromatic heterocycles. The summed E-state index contributed by atoms with van der Waals surface area (Å²) >= 11 is 0. The van der Waals surface area contributed by atoms with E-state index in [0.717, 1.165) is 0 Å². The monoisotopic (exact) mass is 266 g/mol. The standard InChI is InChI=1S/C12H18N4O3/c1-14(2)11(17)8-15(3)7-9-5-4-6-10(12(9)13)16(18)19/h4-6H,7-8,13H2,1-3H3. The number of nitro benzene ring substituents is 1. The molecule has 0 aliphatic heterocycles. The summed E-state index contributed by atoms with van der Waals surface area (Å²) in [7, 11) is 5.12. The number of nitrogen functional groups attached to an aromatic ring is 1. The van der Waals surface area contributed by atoms with Gasteiger partial charge in [-0.05, 0) is 12.6 Å². The van der Waals surface area contributed by atoms with Gasteiger partial charge in [0, 0.05) is 26.7 Å². The molecule has 7 heteroatoms. The van der Waals surface area contributed by atoms with Gasteiger partial charge in [-0.15, -0.1) is 0 Å². The molecule has 0 atom stereocenters. The van der Waals surface area contributed by atoms with E-state index >= 15 is 0 Å². The summed E-state index contributed by atoms with van der Waals surface area (Å²) in [4.78, 5) is 25.1. The van der Waals surface area contributed by atoms with Gasteiger partial charge in [-0.3, -0.25) is 19.8 Å². The molecule has 0 spiro atoms. The van der Waals surface area contributed by atoms with Gasteiger partial charge < -0.3 is 10.6 Å². The minimum absolute atomic E-state index is 0.0356. The van der Waals surface area contributed by atoms with E-state index in [9.17, 15) is 14.9 Å². The molecule has 0 aliphatic carbocycles. The Kier molecular flexibility index (Phi) is 4.82. The first-order valence-corrected chi connectivity index (χ1v) is 5.73. The van der Waals surface area contributed by atoms with Gasteiger partial charge >= 0.3 is 0 Å². The Morgan fingerprint density at radius 2 is 2.00 bits per heavy atom. The summed E-state index contributed by atoms with van der Waals surface area (Å²) in [5.41, 5.74) is 6.44. The molecule has 0 saturated carbocycles. The second-order valence-electron chi connectivity index (χ2n) is 4.57. The zero-order valence-electron chi connectivity index (χ0n) is 11.3. The number of hydrogen-bond donors (Lipinski definition) is 1. The molecule has 0 fully saturated rings. The van der Waals surface area contributed by atoms with Crippen molar-refractivity contribution in [3.8, 4) is 0 Å². The second-order valence-corrected chi connectivity index (χ2v) is 4.57. The van der Waals surface area contributed by atoms with Crippen LogP contribution in [-0.2, 0) is 11.3 Å². The highest BCUT2D eigenvalue weighted by Crippen LogP contribution is 2.25. The number of likely N-dealkylation sites (N-methyl/N-ethyl adjacent to an activating group) is 2. The van der Waals surface area contributed by atoms with Gasteiger partial charge in [0.05, 0.1) is 11.5 Å². The average molecular weight is 266 g/mol. The Morgan fingerprint density at radius 3 is 2.53 bits per heavy atom. The minimum atomic E-state index is -0.510. The largest absolute Gasteiger partial charge is 0.393 e. The maximum absolute atomic E-state index is 11.5. The smallest absolute Gasteiger partial charge is 0.292 e. The van der Waals surface area contributed by atoms with Crippen LogP contribution >= 0.6 is 0 Å². The van der Waals surface area contributed by atoms with Crippen LogP contribution in [0.3, 0.4) is 0 Å². The number of nitrogens with two attached hydrogens (primary N) is 1. The van der Waals surface area contributed by atoms with Crippen molar-refractivity contribution in [1.29, 1.82) is 0 Å². The second kappa shape index (κ2) is 6.14. The number of rotatable bonds is 5. The molecular formula is C12H18N4O3. The van der Waals surface area contributed by atoms with Crippen molar-refractivity contribution in [1.82, 2.24) is 9.80 Å². The number of carbonyl (C=O) groups excluding carboxylic acids is 1. The molecule has 1 amide bonds. The number of amides is 1. The quantitative estimate of drug-likeness (QED) is 0.481. The van der Waals surface area contributed by atoms with E-state index in [-0.39, 0.29) is 23.8 Å². The first-order chi connectivity index (χ1) is 8.82. The lowest BCUT2D eigenvalue weighted by molar-refractivity contribution is -0.384. The van der Waals surface area contributed by atoms with Crippen LogP contribution in [0.4, 0.5) is 11.4 Å². The summed E-state index contributed by atoms with van der Waals surface area (Å²) < 4.78 is 0. The zero-order valence-corrected chi connectivity index (χ0v) is 11.3. The Balaban J connectivity index is 2.80. The van der Waals surface area contributed by atoms with Crippen LogP contribution in [0.25, 0.3) is 0 Å². The lowest BCUT2D eigenvalue weighted by Crippen LogP contribution is -2.34. The van der Waals surface area contributed by atoms with Crippen LogP contribution in [0.1, 0.15) is 5.56 Å². The van der Waals surface area contributed by atoms with Crippen molar-refractivity contribution in [2.24, 2.45) is 0 Å². The topological polar surface area (TPSA) is 92.7 Å². The van der Waals surface area contributed by atoms with E-state index in [1.165, 1.54) is 11.0 Å². The molecule has 1 aromatic rings. The predicted octanol–water partition coefficient (Wildman–Crippen LogP) is 0.697. The molecule has 0 radical (unpaired) electrons. The zero-order chi connectivity index (χ0) is 14.6. The third kappa shape index (κ3) is 3.92. The van der Waals surface area contributed by atoms with Crippen LogP contribution in [0.2, 0.25) is 0 Å². The van der Waals surface area contributed by atoms with E-state index in [0.29, 0.717) is 12.1 Å². The number of benzene rings is 1. The highest BCUT2D eigenvalue weighted by Gasteiger charge is 2.16. The van der Waals surface area contributed by atoms with E-state index in [1.54, 1.807) is 38.2 Å². The van der Waals surface area contributed by atoms with E-state index in [2.05, 4.69) is 0 Å². The highest BCUT2D eigenvalue weighted by molar-refractivity contribution is 5.77. The minimum Gasteiger partial charge on any atom is -0.393 e. The van der Waals surface area contributed by atoms with Crippen LogP contribution in [-0.4, -0.2) is 48.3 Å². The van der Waals surface area contributed by atoms with Gasteiger partial charge in [-0.2, -0.15) is 0 Å². The summed E-state index contributed by atoms with van der Waals surface area (Å²) in [6.07, 6.45) is 0. The molecule has 0 heterocycles. The summed E-state index contributed by atoms with van der Waals surface area (Å²) in [5.74, 6) is -0.0356. The van der Waals surface area contributed by atoms with Crippen LogP contribution in [0, 0.1) is 10.1 Å². The van der Waals surface area contributed by atoms with E-state index < -0.39 is 4.92 Å². The maximum atomic E-state index is 11.5. The fraction of sp³-hybridized carbons (Fsp3) is 0.417. The van der Waals surface area contributed by atoms with Crippen LogP contribution in [0.15, 0.2) is 18.2 Å². The van der Waals surface area contributed by atoms with Crippen molar-refractivity contribution in [2.45, 2.75) is 6.54 Å². The Bertz CT molecular complexity index is 488. The molecule has 0 saturated heterocycles. The van der Waals surface area contributed by atoms with Gasteiger partial charge in [0.25, 0.3) is 5.69 Å². The normalized spacial score (nSPS) is 10.5. The maximum Gasteiger partial charge on any atom is 0.292 e. The van der Waals surface area contributed by atoms with Crippen molar-refractivity contribution in [3.63, 3.8) is 0 Å².